The van der Waals surface area contributed by atoms with Crippen molar-refractivity contribution in [2.24, 2.45) is 11.8 Å². The Hall–Kier alpha value is -0.260. The predicted octanol–water partition coefficient (Wildman–Crippen LogP) is 1.83. The zero-order chi connectivity index (χ0) is 4.57. The molecule has 0 radical (unpaired) electrons. The number of hydrogen-bond acceptors (Lipinski definition) is 0. The van der Waals surface area contributed by atoms with Crippen LogP contribution in [0.1, 0.15) is 13.8 Å². The molecule has 1 aliphatic rings. The fraction of sp³-hybridized carbons (Fsp3) is 0.667. The van der Waals surface area contributed by atoms with E-state index in [0.717, 1.165) is 11.8 Å². The standard InChI is InChI=1S/C6H10/c1-5-3-4-6(5)2/h3-6H,1-2H3/t5-,6-/m0/s1. The lowest BCUT2D eigenvalue weighted by molar-refractivity contribution is 0.501. The van der Waals surface area contributed by atoms with E-state index in [9.17, 15) is 0 Å². The van der Waals surface area contributed by atoms with Crippen LogP contribution in [0.4, 0.5) is 0 Å². The van der Waals surface area contributed by atoms with E-state index in [-0.39, 0.29) is 0 Å². The van der Waals surface area contributed by atoms with E-state index in [2.05, 4.69) is 26.0 Å². The first-order valence-corrected chi connectivity index (χ1v) is 2.49. The molecule has 34 valence electrons. The van der Waals surface area contributed by atoms with Crippen molar-refractivity contribution in [3.63, 3.8) is 0 Å². The molecule has 0 nitrogen and oxygen atoms in total. The van der Waals surface area contributed by atoms with E-state index in [4.69, 9.17) is 0 Å². The first kappa shape index (κ1) is 3.91. The van der Waals surface area contributed by atoms with E-state index in [0.29, 0.717) is 0 Å². The Labute approximate surface area is 38.9 Å². The molecule has 0 aromatic carbocycles. The second kappa shape index (κ2) is 1.11. The molecule has 6 heavy (non-hydrogen) atoms. The fourth-order valence-corrected chi connectivity index (χ4v) is 0.556. The highest BCUT2D eigenvalue weighted by molar-refractivity contribution is 5.04. The molecule has 0 fully saturated rings. The third-order valence-corrected chi connectivity index (χ3v) is 1.55. The van der Waals surface area contributed by atoms with Gasteiger partial charge in [0.2, 0.25) is 0 Å². The second-order valence-electron chi connectivity index (χ2n) is 2.10. The van der Waals surface area contributed by atoms with Gasteiger partial charge >= 0.3 is 0 Å². The van der Waals surface area contributed by atoms with E-state index in [1.807, 2.05) is 0 Å². The Balaban J connectivity index is 2.45. The maximum Gasteiger partial charge on any atom is -0.0201 e. The van der Waals surface area contributed by atoms with Crippen LogP contribution in [0.2, 0.25) is 0 Å². The molecule has 2 atom stereocenters. The van der Waals surface area contributed by atoms with Gasteiger partial charge in [0, 0.05) is 0 Å². The van der Waals surface area contributed by atoms with Crippen LogP contribution >= 0.6 is 0 Å². The van der Waals surface area contributed by atoms with Gasteiger partial charge in [-0.05, 0) is 11.8 Å². The number of hydrogen-bond donors (Lipinski definition) is 0. The summed E-state index contributed by atoms with van der Waals surface area (Å²) in [5.41, 5.74) is 0. The van der Waals surface area contributed by atoms with Crippen molar-refractivity contribution in [1.29, 1.82) is 0 Å². The second-order valence-corrected chi connectivity index (χ2v) is 2.10. The van der Waals surface area contributed by atoms with E-state index >= 15 is 0 Å². The summed E-state index contributed by atoms with van der Waals surface area (Å²) in [4.78, 5) is 0. The van der Waals surface area contributed by atoms with Gasteiger partial charge in [0.05, 0.1) is 0 Å². The van der Waals surface area contributed by atoms with Gasteiger partial charge in [-0.1, -0.05) is 26.0 Å². The minimum absolute atomic E-state index is 0.852. The average molecular weight is 82.1 g/mol. The Kier molecular flexibility index (Phi) is 0.722. The van der Waals surface area contributed by atoms with Crippen molar-refractivity contribution in [2.75, 3.05) is 0 Å². The maximum absolute atomic E-state index is 2.24. The molecule has 0 saturated heterocycles. The van der Waals surface area contributed by atoms with Gasteiger partial charge in [-0.15, -0.1) is 0 Å². The van der Waals surface area contributed by atoms with Crippen LogP contribution in [-0.4, -0.2) is 0 Å². The van der Waals surface area contributed by atoms with Crippen LogP contribution in [0.5, 0.6) is 0 Å². The number of rotatable bonds is 0. The third kappa shape index (κ3) is 0.368. The SMILES string of the molecule is C[C@H]1C=C[C@@H]1C. The summed E-state index contributed by atoms with van der Waals surface area (Å²) in [6.07, 6.45) is 4.48. The quantitative estimate of drug-likeness (QED) is 0.391. The van der Waals surface area contributed by atoms with Gasteiger partial charge in [0.25, 0.3) is 0 Å². The van der Waals surface area contributed by atoms with Crippen LogP contribution in [0.15, 0.2) is 12.2 Å². The summed E-state index contributed by atoms with van der Waals surface area (Å²) >= 11 is 0. The molecule has 0 heteroatoms. The minimum Gasteiger partial charge on any atom is -0.0848 e. The molecule has 0 aromatic rings. The van der Waals surface area contributed by atoms with Crippen molar-refractivity contribution in [3.8, 4) is 0 Å². The van der Waals surface area contributed by atoms with Crippen molar-refractivity contribution in [3.05, 3.63) is 12.2 Å². The van der Waals surface area contributed by atoms with Crippen molar-refractivity contribution >= 4 is 0 Å². The molecule has 0 spiro atoms. The molecular formula is C6H10. The van der Waals surface area contributed by atoms with Crippen molar-refractivity contribution < 1.29 is 0 Å². The first-order chi connectivity index (χ1) is 2.80. The summed E-state index contributed by atoms with van der Waals surface area (Å²) in [6.45, 7) is 4.48. The molecule has 1 aliphatic carbocycles. The van der Waals surface area contributed by atoms with Crippen LogP contribution in [0.25, 0.3) is 0 Å². The third-order valence-electron chi connectivity index (χ3n) is 1.55. The lowest BCUT2D eigenvalue weighted by Crippen LogP contribution is -2.09. The summed E-state index contributed by atoms with van der Waals surface area (Å²) < 4.78 is 0. The Morgan fingerprint density at radius 1 is 1.00 bits per heavy atom. The molecule has 0 unspecified atom stereocenters. The Morgan fingerprint density at radius 2 is 1.33 bits per heavy atom. The number of allylic oxidation sites excluding steroid dienone is 2. The highest BCUT2D eigenvalue weighted by atomic mass is 14.2. The molecule has 0 aliphatic heterocycles. The van der Waals surface area contributed by atoms with Gasteiger partial charge in [-0.2, -0.15) is 0 Å². The smallest absolute Gasteiger partial charge is 0.0201 e. The lowest BCUT2D eigenvalue weighted by atomic mass is 9.86. The predicted molar refractivity (Wildman–Crippen MR) is 27.5 cm³/mol. The van der Waals surface area contributed by atoms with E-state index in [1.165, 1.54) is 0 Å². The molecule has 0 aromatic heterocycles. The summed E-state index contributed by atoms with van der Waals surface area (Å²) in [5.74, 6) is 1.70. The average Bonchev–Trinajstić information content (AvgIpc) is 1.61. The lowest BCUT2D eigenvalue weighted by Gasteiger charge is -2.20. The molecule has 1 rings (SSSR count). The van der Waals surface area contributed by atoms with Gasteiger partial charge in [0.15, 0.2) is 0 Å². The van der Waals surface area contributed by atoms with Crippen LogP contribution in [-0.2, 0) is 0 Å². The minimum atomic E-state index is 0.852. The Morgan fingerprint density at radius 3 is 1.33 bits per heavy atom. The van der Waals surface area contributed by atoms with E-state index < -0.39 is 0 Å². The van der Waals surface area contributed by atoms with E-state index in [1.54, 1.807) is 0 Å². The fourth-order valence-electron chi connectivity index (χ4n) is 0.556. The summed E-state index contributed by atoms with van der Waals surface area (Å²) in [7, 11) is 0. The normalized spacial score (nSPS) is 42.3. The van der Waals surface area contributed by atoms with Crippen molar-refractivity contribution in [1.82, 2.24) is 0 Å². The van der Waals surface area contributed by atoms with Crippen LogP contribution in [0.3, 0.4) is 0 Å². The molecule has 0 saturated carbocycles. The zero-order valence-electron chi connectivity index (χ0n) is 4.31. The van der Waals surface area contributed by atoms with Crippen LogP contribution in [0, 0.1) is 11.8 Å². The Bertz CT molecular complexity index is 62.1. The highest BCUT2D eigenvalue weighted by Gasteiger charge is 2.11. The summed E-state index contributed by atoms with van der Waals surface area (Å²) in [5, 5.41) is 0. The van der Waals surface area contributed by atoms with Crippen LogP contribution < -0.4 is 0 Å². The highest BCUT2D eigenvalue weighted by Crippen LogP contribution is 2.22. The zero-order valence-corrected chi connectivity index (χ0v) is 4.31. The molecule has 0 N–H and O–H groups in total. The summed E-state index contributed by atoms with van der Waals surface area (Å²) in [6, 6.07) is 0. The maximum atomic E-state index is 2.24. The molecule has 0 bridgehead atoms. The van der Waals surface area contributed by atoms with Crippen molar-refractivity contribution in [2.45, 2.75) is 13.8 Å². The van der Waals surface area contributed by atoms with Gasteiger partial charge in [0.1, 0.15) is 0 Å². The van der Waals surface area contributed by atoms with Gasteiger partial charge in [-0.3, -0.25) is 0 Å². The first-order valence-electron chi connectivity index (χ1n) is 2.49. The largest absolute Gasteiger partial charge is 0.0848 e. The monoisotopic (exact) mass is 82.1 g/mol. The van der Waals surface area contributed by atoms with Gasteiger partial charge < -0.3 is 0 Å². The molecule has 0 heterocycles. The topological polar surface area (TPSA) is 0 Å². The molecular weight excluding hydrogens is 72.1 g/mol. The van der Waals surface area contributed by atoms with Gasteiger partial charge in [-0.25, -0.2) is 0 Å². The molecule has 0 amide bonds.